The van der Waals surface area contributed by atoms with Crippen LogP contribution >= 0.6 is 15.9 Å². The van der Waals surface area contributed by atoms with Crippen LogP contribution in [-0.4, -0.2) is 18.7 Å². The molecular weight excluding hydrogens is 302 g/mol. The average molecular weight is 326 g/mol. The molecule has 0 spiro atoms. The van der Waals surface area contributed by atoms with E-state index in [1.54, 1.807) is 0 Å². The Kier molecular flexibility index (Phi) is 4.57. The quantitative estimate of drug-likeness (QED) is 0.871. The third-order valence-corrected chi connectivity index (χ3v) is 5.12. The molecule has 1 N–H and O–H groups in total. The lowest BCUT2D eigenvalue weighted by Gasteiger charge is -2.51. The van der Waals surface area contributed by atoms with Gasteiger partial charge in [-0.2, -0.15) is 0 Å². The maximum atomic E-state index is 6.15. The highest BCUT2D eigenvalue weighted by Gasteiger charge is 2.49. The highest BCUT2D eigenvalue weighted by Crippen LogP contribution is 2.43. The Hall–Kier alpha value is -0.540. The van der Waals surface area contributed by atoms with Crippen LogP contribution in [0.25, 0.3) is 0 Å². The van der Waals surface area contributed by atoms with Gasteiger partial charge >= 0.3 is 0 Å². The lowest BCUT2D eigenvalue weighted by molar-refractivity contribution is -0.0546. The van der Waals surface area contributed by atoms with Crippen LogP contribution in [0.3, 0.4) is 0 Å². The van der Waals surface area contributed by atoms with Gasteiger partial charge in [0.15, 0.2) is 0 Å². The molecule has 0 saturated heterocycles. The van der Waals surface area contributed by atoms with Gasteiger partial charge in [-0.3, -0.25) is 0 Å². The number of rotatable bonds is 5. The number of hydrogen-bond donors (Lipinski definition) is 1. The summed E-state index contributed by atoms with van der Waals surface area (Å²) in [6.07, 6.45) is 2.59. The fraction of sp³-hybridized carbons (Fsp3) is 0.625. The summed E-state index contributed by atoms with van der Waals surface area (Å²) in [7, 11) is 0. The van der Waals surface area contributed by atoms with E-state index in [4.69, 9.17) is 4.74 Å². The predicted molar refractivity (Wildman–Crippen MR) is 83.8 cm³/mol. The lowest BCUT2D eigenvalue weighted by Crippen LogP contribution is -2.62. The summed E-state index contributed by atoms with van der Waals surface area (Å²) in [6, 6.07) is 6.78. The van der Waals surface area contributed by atoms with Crippen molar-refractivity contribution in [3.05, 3.63) is 28.2 Å². The van der Waals surface area contributed by atoms with E-state index in [2.05, 4.69) is 61.1 Å². The molecule has 1 aliphatic carbocycles. The van der Waals surface area contributed by atoms with Crippen molar-refractivity contribution in [1.29, 1.82) is 0 Å². The summed E-state index contributed by atoms with van der Waals surface area (Å²) in [5.41, 5.74) is 1.42. The number of halogens is 1. The van der Waals surface area contributed by atoms with E-state index in [0.29, 0.717) is 12.1 Å². The maximum absolute atomic E-state index is 6.15. The second kappa shape index (κ2) is 5.84. The van der Waals surface area contributed by atoms with Gasteiger partial charge in [0.1, 0.15) is 11.9 Å². The Labute approximate surface area is 125 Å². The molecule has 0 aliphatic heterocycles. The molecule has 19 heavy (non-hydrogen) atoms. The van der Waals surface area contributed by atoms with Gasteiger partial charge in [-0.15, -0.1) is 0 Å². The Morgan fingerprint density at radius 3 is 2.74 bits per heavy atom. The summed E-state index contributed by atoms with van der Waals surface area (Å²) < 4.78 is 7.29. The van der Waals surface area contributed by atoms with Crippen LogP contribution < -0.4 is 10.1 Å². The lowest BCUT2D eigenvalue weighted by atomic mass is 9.64. The molecule has 3 heteroatoms. The Bertz CT molecular complexity index is 444. The van der Waals surface area contributed by atoms with Gasteiger partial charge in [0.05, 0.1) is 0 Å². The Balaban J connectivity index is 1.96. The third-order valence-electron chi connectivity index (χ3n) is 4.23. The van der Waals surface area contributed by atoms with Crippen LogP contribution in [0.2, 0.25) is 0 Å². The standard InChI is InChI=1S/C16H24BrNO/c1-5-8-18-14-10-15(16(14,3)4)19-12-6-7-13(17)11(2)9-12/h6-7,9,14-15,18H,5,8,10H2,1-4H3. The number of hydrogen-bond acceptors (Lipinski definition) is 2. The number of ether oxygens (including phenoxy) is 1. The van der Waals surface area contributed by atoms with Crippen LogP contribution in [0.15, 0.2) is 22.7 Å². The average Bonchev–Trinajstić information content (AvgIpc) is 2.37. The van der Waals surface area contributed by atoms with Gasteiger partial charge in [-0.25, -0.2) is 0 Å². The monoisotopic (exact) mass is 325 g/mol. The van der Waals surface area contributed by atoms with Gasteiger partial charge < -0.3 is 10.1 Å². The van der Waals surface area contributed by atoms with Gasteiger partial charge in [-0.1, -0.05) is 36.7 Å². The van der Waals surface area contributed by atoms with Crippen molar-refractivity contribution in [3.8, 4) is 5.75 Å². The first-order valence-corrected chi connectivity index (χ1v) is 7.90. The SMILES string of the molecule is CCCNC1CC(Oc2ccc(Br)c(C)c2)C1(C)C. The summed E-state index contributed by atoms with van der Waals surface area (Å²) in [5, 5.41) is 3.61. The Morgan fingerprint density at radius 2 is 2.16 bits per heavy atom. The van der Waals surface area contributed by atoms with Crippen LogP contribution in [0.4, 0.5) is 0 Å². The summed E-state index contributed by atoms with van der Waals surface area (Å²) in [6.45, 7) is 9.98. The molecule has 0 aromatic heterocycles. The molecule has 2 atom stereocenters. The zero-order valence-electron chi connectivity index (χ0n) is 12.3. The summed E-state index contributed by atoms with van der Waals surface area (Å²) in [4.78, 5) is 0. The summed E-state index contributed by atoms with van der Waals surface area (Å²) >= 11 is 3.52. The van der Waals surface area contributed by atoms with Gasteiger partial charge in [0.2, 0.25) is 0 Å². The molecule has 106 valence electrons. The van der Waals surface area contributed by atoms with Crippen molar-refractivity contribution < 1.29 is 4.74 Å². The van der Waals surface area contributed by atoms with Crippen LogP contribution in [0.5, 0.6) is 5.75 Å². The largest absolute Gasteiger partial charge is 0.490 e. The van der Waals surface area contributed by atoms with Crippen molar-refractivity contribution in [2.45, 2.75) is 52.7 Å². The van der Waals surface area contributed by atoms with E-state index in [1.807, 2.05) is 6.07 Å². The van der Waals surface area contributed by atoms with E-state index in [-0.39, 0.29) is 5.41 Å². The van der Waals surface area contributed by atoms with Gasteiger partial charge in [0.25, 0.3) is 0 Å². The van der Waals surface area contributed by atoms with Gasteiger partial charge in [-0.05, 0) is 43.7 Å². The van der Waals surface area contributed by atoms with E-state index < -0.39 is 0 Å². The molecule has 0 amide bonds. The predicted octanol–water partition coefficient (Wildman–Crippen LogP) is 4.30. The second-order valence-corrected chi connectivity index (χ2v) is 6.94. The topological polar surface area (TPSA) is 21.3 Å². The first-order chi connectivity index (χ1) is 8.95. The fourth-order valence-corrected chi connectivity index (χ4v) is 2.85. The molecule has 2 unspecified atom stereocenters. The zero-order valence-corrected chi connectivity index (χ0v) is 13.9. The number of aryl methyl sites for hydroxylation is 1. The minimum Gasteiger partial charge on any atom is -0.490 e. The van der Waals surface area contributed by atoms with Gasteiger partial charge in [0, 0.05) is 22.4 Å². The first kappa shape index (κ1) is 14.9. The van der Waals surface area contributed by atoms with Crippen LogP contribution in [-0.2, 0) is 0 Å². The molecule has 2 nitrogen and oxygen atoms in total. The first-order valence-electron chi connectivity index (χ1n) is 7.11. The normalized spacial score (nSPS) is 24.9. The van der Waals surface area contributed by atoms with Crippen molar-refractivity contribution in [1.82, 2.24) is 5.32 Å². The molecule has 0 radical (unpaired) electrons. The van der Waals surface area contributed by atoms with E-state index in [1.165, 1.54) is 12.0 Å². The van der Waals surface area contributed by atoms with E-state index in [9.17, 15) is 0 Å². The zero-order chi connectivity index (χ0) is 14.0. The fourth-order valence-electron chi connectivity index (χ4n) is 2.61. The molecule has 1 fully saturated rings. The van der Waals surface area contributed by atoms with E-state index in [0.717, 1.165) is 23.2 Å². The highest BCUT2D eigenvalue weighted by molar-refractivity contribution is 9.10. The molecule has 1 saturated carbocycles. The van der Waals surface area contributed by atoms with Crippen molar-refractivity contribution in [2.75, 3.05) is 6.54 Å². The second-order valence-electron chi connectivity index (χ2n) is 6.08. The molecule has 0 heterocycles. The number of benzene rings is 1. The van der Waals surface area contributed by atoms with Crippen molar-refractivity contribution in [3.63, 3.8) is 0 Å². The van der Waals surface area contributed by atoms with E-state index >= 15 is 0 Å². The minimum absolute atomic E-state index is 0.205. The molecule has 1 aliphatic rings. The molecule has 0 bridgehead atoms. The van der Waals surface area contributed by atoms with Crippen LogP contribution in [0.1, 0.15) is 39.2 Å². The van der Waals surface area contributed by atoms with Crippen LogP contribution in [0, 0.1) is 12.3 Å². The highest BCUT2D eigenvalue weighted by atomic mass is 79.9. The molecular formula is C16H24BrNO. The Morgan fingerprint density at radius 1 is 1.42 bits per heavy atom. The molecule has 1 aromatic carbocycles. The summed E-state index contributed by atoms with van der Waals surface area (Å²) in [5.74, 6) is 0.979. The number of nitrogens with one attached hydrogen (secondary N) is 1. The smallest absolute Gasteiger partial charge is 0.120 e. The van der Waals surface area contributed by atoms with Crippen molar-refractivity contribution >= 4 is 15.9 Å². The molecule has 1 aromatic rings. The maximum Gasteiger partial charge on any atom is 0.120 e. The van der Waals surface area contributed by atoms with Crippen molar-refractivity contribution in [2.24, 2.45) is 5.41 Å². The third kappa shape index (κ3) is 3.14. The molecule has 2 rings (SSSR count). The minimum atomic E-state index is 0.205.